The van der Waals surface area contributed by atoms with Crippen LogP contribution in [-0.4, -0.2) is 29.5 Å². The summed E-state index contributed by atoms with van der Waals surface area (Å²) in [5.41, 5.74) is 2.75. The minimum absolute atomic E-state index is 0. The molecule has 0 N–H and O–H groups in total. The molecule has 0 bridgehead atoms. The predicted octanol–water partition coefficient (Wildman–Crippen LogP) is 5.50. The minimum Gasteiger partial charge on any atom is -0.738 e. The molecule has 0 aliphatic rings. The summed E-state index contributed by atoms with van der Waals surface area (Å²) in [6, 6.07) is 23.1. The number of hydrogen-bond acceptors (Lipinski definition) is 8. The van der Waals surface area contributed by atoms with Gasteiger partial charge in [-0.25, -0.2) is 9.36 Å². The summed E-state index contributed by atoms with van der Waals surface area (Å²) in [5, 5.41) is 10.1. The molecule has 4 heterocycles. The zero-order valence-corrected chi connectivity index (χ0v) is 24.1. The molecular weight excluding hydrogens is 700 g/mol. The number of aromatic nitrogens is 6. The van der Waals surface area contributed by atoms with E-state index < -0.39 is 5.41 Å². The van der Waals surface area contributed by atoms with E-state index in [4.69, 9.17) is 44.3 Å². The topological polar surface area (TPSA) is 87.7 Å². The van der Waals surface area contributed by atoms with Crippen molar-refractivity contribution >= 4 is 25.3 Å². The summed E-state index contributed by atoms with van der Waals surface area (Å²) in [6.45, 7) is 4.10. The number of nitrogens with zero attached hydrogens (tertiary/aromatic N) is 6. The van der Waals surface area contributed by atoms with Crippen LogP contribution in [0, 0.1) is 0 Å². The van der Waals surface area contributed by atoms with Gasteiger partial charge in [-0.1, -0.05) is 36.4 Å². The normalized spacial score (nSPS) is 11.4. The van der Waals surface area contributed by atoms with Gasteiger partial charge in [0.1, 0.15) is 0 Å². The van der Waals surface area contributed by atoms with E-state index in [1.165, 1.54) is 0 Å². The second kappa shape index (κ2) is 10.3. The fraction of sp³-hybridized carbons (Fsp3) is 0.111. The molecule has 6 aromatic rings. The van der Waals surface area contributed by atoms with Gasteiger partial charge in [-0.2, -0.15) is 20.2 Å². The zero-order chi connectivity index (χ0) is 25.6. The summed E-state index contributed by atoms with van der Waals surface area (Å²) >= 11 is 10.9. The van der Waals surface area contributed by atoms with Gasteiger partial charge < -0.3 is 34.1 Å². The Kier molecular flexibility index (Phi) is 7.05. The van der Waals surface area contributed by atoms with Gasteiger partial charge in [0.25, 0.3) is 0 Å². The molecule has 0 unspecified atom stereocenters. The SMILES string of the molecule is CC(C)(c1ccn(-c2nc(-c3ccccc3)oc2[S-])n1)c1ccn(-c2nc(-c3ccccc3)oc2[S-])n1.[Pt+2]. The molecule has 0 amide bonds. The van der Waals surface area contributed by atoms with Gasteiger partial charge in [-0.15, -0.1) is 0 Å². The van der Waals surface area contributed by atoms with Gasteiger partial charge in [-0.05, 0) is 50.2 Å². The Labute approximate surface area is 244 Å². The minimum atomic E-state index is -0.530. The van der Waals surface area contributed by atoms with E-state index >= 15 is 0 Å². The van der Waals surface area contributed by atoms with E-state index in [0.29, 0.717) is 23.4 Å². The van der Waals surface area contributed by atoms with Crippen molar-refractivity contribution in [1.82, 2.24) is 29.5 Å². The molecule has 0 saturated carbocycles. The molecule has 6 rings (SSSR count). The molecule has 0 spiro atoms. The third-order valence-electron chi connectivity index (χ3n) is 6.09. The first kappa shape index (κ1) is 26.0. The van der Waals surface area contributed by atoms with E-state index in [-0.39, 0.29) is 31.2 Å². The van der Waals surface area contributed by atoms with Gasteiger partial charge in [0.05, 0.1) is 16.8 Å². The maximum atomic E-state index is 5.73. The van der Waals surface area contributed by atoms with Crippen molar-refractivity contribution in [2.75, 3.05) is 0 Å². The van der Waals surface area contributed by atoms with Crippen molar-refractivity contribution in [3.8, 4) is 34.5 Å². The van der Waals surface area contributed by atoms with Crippen molar-refractivity contribution < 1.29 is 29.9 Å². The maximum absolute atomic E-state index is 5.73. The zero-order valence-electron chi connectivity index (χ0n) is 20.2. The van der Waals surface area contributed by atoms with Crippen LogP contribution < -0.4 is 0 Å². The molecule has 0 saturated heterocycles. The van der Waals surface area contributed by atoms with E-state index in [1.807, 2.05) is 99.0 Å². The third-order valence-corrected chi connectivity index (χ3v) is 6.62. The standard InChI is InChI=1S/C27H22N6O2S2.Pt/c1-27(2,19-13-15-32(30-19)21-25(36)34-23(28-21)17-9-5-3-6-10-17)20-14-16-33(31-20)22-26(37)35-24(29-22)18-11-7-4-8-12-18;/h3-16,36-37H,1-2H3;/q;+2/p-2. The Hall–Kier alpha value is -3.59. The van der Waals surface area contributed by atoms with Crippen molar-refractivity contribution in [1.29, 1.82) is 0 Å². The van der Waals surface area contributed by atoms with Crippen LogP contribution in [0.1, 0.15) is 25.2 Å². The summed E-state index contributed by atoms with van der Waals surface area (Å²) in [7, 11) is 0. The van der Waals surface area contributed by atoms with E-state index in [0.717, 1.165) is 22.5 Å². The first-order chi connectivity index (χ1) is 17.9. The quantitative estimate of drug-likeness (QED) is 0.209. The van der Waals surface area contributed by atoms with Crippen LogP contribution in [-0.2, 0) is 51.7 Å². The average Bonchev–Trinajstić information content (AvgIpc) is 3.71. The van der Waals surface area contributed by atoms with Gasteiger partial charge in [0.2, 0.25) is 11.8 Å². The molecule has 0 aliphatic carbocycles. The Bertz CT molecular complexity index is 1560. The molecule has 8 nitrogen and oxygen atoms in total. The third kappa shape index (κ3) is 4.71. The van der Waals surface area contributed by atoms with Crippen LogP contribution in [0.15, 0.2) is 104 Å². The van der Waals surface area contributed by atoms with Crippen LogP contribution in [0.3, 0.4) is 0 Å². The summed E-state index contributed by atoms with van der Waals surface area (Å²) < 4.78 is 14.7. The molecule has 0 aliphatic heterocycles. The first-order valence-electron chi connectivity index (χ1n) is 11.5. The van der Waals surface area contributed by atoms with Crippen molar-refractivity contribution in [3.63, 3.8) is 0 Å². The fourth-order valence-electron chi connectivity index (χ4n) is 3.98. The molecule has 4 aromatic heterocycles. The van der Waals surface area contributed by atoms with Gasteiger partial charge in [-0.3, -0.25) is 0 Å². The second-order valence-electron chi connectivity index (χ2n) is 8.91. The molecular formula is C27H20N6O2PtS2. The number of hydrogen-bond donors (Lipinski definition) is 0. The smallest absolute Gasteiger partial charge is 0.738 e. The van der Waals surface area contributed by atoms with Gasteiger partial charge in [0, 0.05) is 33.7 Å². The number of rotatable bonds is 6. The molecule has 0 fully saturated rings. The van der Waals surface area contributed by atoms with Crippen LogP contribution in [0.25, 0.3) is 34.5 Å². The Morgan fingerprint density at radius 1 is 0.632 bits per heavy atom. The van der Waals surface area contributed by atoms with Gasteiger partial charge >= 0.3 is 21.1 Å². The van der Waals surface area contributed by atoms with E-state index in [2.05, 4.69) is 9.97 Å². The summed E-state index contributed by atoms with van der Waals surface area (Å²) in [5.74, 6) is 1.84. The maximum Gasteiger partial charge on any atom is 2.00 e. The second-order valence-corrected chi connectivity index (χ2v) is 9.65. The number of oxazole rings is 2. The predicted molar refractivity (Wildman–Crippen MR) is 142 cm³/mol. The molecule has 38 heavy (non-hydrogen) atoms. The van der Waals surface area contributed by atoms with Crippen molar-refractivity contribution in [3.05, 3.63) is 96.6 Å². The van der Waals surface area contributed by atoms with Crippen LogP contribution in [0.4, 0.5) is 0 Å². The Morgan fingerprint density at radius 3 is 1.42 bits per heavy atom. The summed E-state index contributed by atoms with van der Waals surface area (Å²) in [6.07, 6.45) is 3.64. The molecule has 192 valence electrons. The number of benzene rings is 2. The molecule has 11 heteroatoms. The van der Waals surface area contributed by atoms with Crippen molar-refractivity contribution in [2.45, 2.75) is 29.4 Å². The molecule has 0 atom stereocenters. The largest absolute Gasteiger partial charge is 2.00 e. The van der Waals surface area contributed by atoms with Crippen LogP contribution >= 0.6 is 0 Å². The summed E-state index contributed by atoms with van der Waals surface area (Å²) in [4.78, 5) is 9.16. The van der Waals surface area contributed by atoms with Gasteiger partial charge in [0.15, 0.2) is 11.6 Å². The van der Waals surface area contributed by atoms with E-state index in [9.17, 15) is 0 Å². The first-order valence-corrected chi connectivity index (χ1v) is 12.3. The molecule has 0 radical (unpaired) electrons. The van der Waals surface area contributed by atoms with Crippen molar-refractivity contribution in [2.24, 2.45) is 0 Å². The van der Waals surface area contributed by atoms with Crippen LogP contribution in [0.2, 0.25) is 0 Å². The Morgan fingerprint density at radius 2 is 1.03 bits per heavy atom. The Balaban J connectivity index is 0.00000294. The molecule has 2 aromatic carbocycles. The fourth-order valence-corrected chi connectivity index (χ4v) is 4.41. The van der Waals surface area contributed by atoms with Crippen LogP contribution in [0.5, 0.6) is 0 Å². The monoisotopic (exact) mass is 719 g/mol. The van der Waals surface area contributed by atoms with E-state index in [1.54, 1.807) is 9.36 Å². The average molecular weight is 720 g/mol.